The van der Waals surface area contributed by atoms with Gasteiger partial charge in [-0.1, -0.05) is 23.5 Å². The van der Waals surface area contributed by atoms with E-state index in [2.05, 4.69) is 22.0 Å². The molecular formula is C30H27FN6O4S. The van der Waals surface area contributed by atoms with Gasteiger partial charge in [0, 0.05) is 43.8 Å². The summed E-state index contributed by atoms with van der Waals surface area (Å²) in [5, 5.41) is 4.68. The average Bonchev–Trinajstić information content (AvgIpc) is 3.69. The molecule has 42 heavy (non-hydrogen) atoms. The lowest BCUT2D eigenvalue weighted by Gasteiger charge is -2.34. The number of ether oxygens (including phenoxy) is 1. The maximum absolute atomic E-state index is 15.4. The van der Waals surface area contributed by atoms with Gasteiger partial charge in [0.2, 0.25) is 10.4 Å². The minimum Gasteiger partial charge on any atom is -0.465 e. The van der Waals surface area contributed by atoms with Gasteiger partial charge in [0.15, 0.2) is 5.82 Å². The van der Waals surface area contributed by atoms with Crippen molar-refractivity contribution in [2.24, 2.45) is 0 Å². The predicted octanol–water partition coefficient (Wildman–Crippen LogP) is 2.69. The molecule has 1 saturated carbocycles. The van der Waals surface area contributed by atoms with Gasteiger partial charge in [-0.2, -0.15) is 9.50 Å². The lowest BCUT2D eigenvalue weighted by molar-refractivity contribution is 0.0600. The topological polar surface area (TPSA) is 102 Å². The molecule has 1 aliphatic heterocycles. The van der Waals surface area contributed by atoms with Crippen molar-refractivity contribution in [2.45, 2.75) is 18.9 Å². The van der Waals surface area contributed by atoms with Gasteiger partial charge < -0.3 is 19.1 Å². The van der Waals surface area contributed by atoms with Gasteiger partial charge >= 0.3 is 5.97 Å². The summed E-state index contributed by atoms with van der Waals surface area (Å²) in [7, 11) is 3.36. The number of nitrogens with zero attached hydrogens (tertiary/aromatic N) is 6. The highest BCUT2D eigenvalue weighted by Gasteiger charge is 2.28. The molecule has 3 aromatic heterocycles. The van der Waals surface area contributed by atoms with Gasteiger partial charge in [-0.05, 0) is 55.8 Å². The van der Waals surface area contributed by atoms with Crippen LogP contribution >= 0.6 is 11.3 Å². The Morgan fingerprint density at radius 3 is 2.62 bits per heavy atom. The zero-order chi connectivity index (χ0) is 29.1. The molecule has 0 radical (unpaired) electrons. The van der Waals surface area contributed by atoms with E-state index in [0.717, 1.165) is 37.3 Å². The van der Waals surface area contributed by atoms with Crippen molar-refractivity contribution in [2.75, 3.05) is 45.2 Å². The van der Waals surface area contributed by atoms with Crippen LogP contribution in [0.4, 0.5) is 10.1 Å². The molecule has 4 heterocycles. The van der Waals surface area contributed by atoms with E-state index < -0.39 is 11.8 Å². The summed E-state index contributed by atoms with van der Waals surface area (Å²) in [6, 6.07) is 10.1. The number of halogens is 1. The summed E-state index contributed by atoms with van der Waals surface area (Å²) in [6.45, 7) is 3.12. The average molecular weight is 587 g/mol. The van der Waals surface area contributed by atoms with E-state index in [-0.39, 0.29) is 33.8 Å². The highest BCUT2D eigenvalue weighted by Crippen LogP contribution is 2.39. The Kier molecular flexibility index (Phi) is 6.39. The highest BCUT2D eigenvalue weighted by molar-refractivity contribution is 7.15. The monoisotopic (exact) mass is 586 g/mol. The maximum Gasteiger partial charge on any atom is 0.337 e. The van der Waals surface area contributed by atoms with Crippen molar-refractivity contribution in [3.63, 3.8) is 0 Å². The lowest BCUT2D eigenvalue weighted by Crippen LogP contribution is -2.44. The smallest absolute Gasteiger partial charge is 0.337 e. The molecule has 2 fully saturated rings. The van der Waals surface area contributed by atoms with E-state index in [1.165, 1.54) is 17.7 Å². The molecule has 0 bridgehead atoms. The first-order valence-corrected chi connectivity index (χ1v) is 14.5. The number of hydrogen-bond donors (Lipinski definition) is 0. The van der Waals surface area contributed by atoms with Crippen LogP contribution < -0.4 is 20.4 Å². The second-order valence-electron chi connectivity index (χ2n) is 10.8. The number of rotatable bonds is 5. The molecule has 12 heteroatoms. The van der Waals surface area contributed by atoms with Crippen molar-refractivity contribution in [1.29, 1.82) is 0 Å². The van der Waals surface area contributed by atoms with Gasteiger partial charge in [-0.25, -0.2) is 9.18 Å². The van der Waals surface area contributed by atoms with E-state index in [4.69, 9.17) is 4.74 Å². The number of hydrogen-bond acceptors (Lipinski definition) is 9. The summed E-state index contributed by atoms with van der Waals surface area (Å²) < 4.78 is 23.8. The van der Waals surface area contributed by atoms with E-state index in [9.17, 15) is 14.4 Å². The summed E-state index contributed by atoms with van der Waals surface area (Å²) in [5.74, 6) is -0.772. The Balaban J connectivity index is 1.30. The van der Waals surface area contributed by atoms with Crippen LogP contribution in [-0.2, 0) is 4.74 Å². The first kappa shape index (κ1) is 26.5. The summed E-state index contributed by atoms with van der Waals surface area (Å²) in [4.78, 5) is 47.9. The molecule has 1 aliphatic carbocycles. The number of benzene rings is 2. The Morgan fingerprint density at radius 1 is 1.12 bits per heavy atom. The number of thiazole rings is 1. The molecule has 0 unspecified atom stereocenters. The number of esters is 1. The van der Waals surface area contributed by atoms with E-state index in [1.54, 1.807) is 42.6 Å². The molecule has 0 N–H and O–H groups in total. The number of fused-ring (bicyclic) bond motifs is 2. The predicted molar refractivity (Wildman–Crippen MR) is 159 cm³/mol. The molecule has 0 atom stereocenters. The van der Waals surface area contributed by atoms with Gasteiger partial charge in [-0.15, -0.1) is 5.10 Å². The Bertz CT molecular complexity index is 2060. The number of methoxy groups -OCH3 is 1. The zero-order valence-electron chi connectivity index (χ0n) is 23.0. The van der Waals surface area contributed by atoms with Gasteiger partial charge in [0.1, 0.15) is 5.82 Å². The van der Waals surface area contributed by atoms with Crippen LogP contribution in [0.25, 0.3) is 33.3 Å². The molecule has 1 saturated heterocycles. The summed E-state index contributed by atoms with van der Waals surface area (Å²) in [5.41, 5.74) is 1.70. The molecule has 0 spiro atoms. The molecule has 7 rings (SSSR count). The Labute approximate surface area is 242 Å². The molecule has 214 valence electrons. The van der Waals surface area contributed by atoms with E-state index >= 15 is 4.39 Å². The number of carbonyl (C=O) groups is 1. The second kappa shape index (κ2) is 10.1. The van der Waals surface area contributed by atoms with E-state index in [1.807, 2.05) is 9.47 Å². The van der Waals surface area contributed by atoms with Crippen molar-refractivity contribution < 1.29 is 13.9 Å². The fourth-order valence-corrected chi connectivity index (χ4v) is 6.34. The third kappa shape index (κ3) is 4.56. The van der Waals surface area contributed by atoms with Crippen LogP contribution in [-0.4, -0.2) is 70.4 Å². The standard InChI is InChI=1S/C30H27FN6O4S/c1-34-8-10-35(11-9-34)24-15-23-20(14-22(24)31)26(38)21(16-36(23)19-6-7-19)27-32-30-37(33-27)28(39)25(42-30)13-17-4-3-5-18(12-17)29(40)41-2/h3-5,12-16,19H,6-11H2,1-2H3/b25-13-. The first-order valence-electron chi connectivity index (χ1n) is 13.7. The van der Waals surface area contributed by atoms with Crippen molar-refractivity contribution in [1.82, 2.24) is 24.1 Å². The first-order chi connectivity index (χ1) is 20.3. The van der Waals surface area contributed by atoms with Crippen LogP contribution in [0.2, 0.25) is 0 Å². The minimum absolute atomic E-state index is 0.127. The zero-order valence-corrected chi connectivity index (χ0v) is 23.9. The third-order valence-corrected chi connectivity index (χ3v) is 8.87. The van der Waals surface area contributed by atoms with Crippen LogP contribution in [0.5, 0.6) is 0 Å². The van der Waals surface area contributed by atoms with Crippen LogP contribution in [0.1, 0.15) is 34.8 Å². The van der Waals surface area contributed by atoms with Crippen LogP contribution in [0.15, 0.2) is 52.2 Å². The number of carbonyl (C=O) groups excluding carboxylic acids is 1. The molecule has 10 nitrogen and oxygen atoms in total. The number of aromatic nitrogens is 4. The largest absolute Gasteiger partial charge is 0.465 e. The Morgan fingerprint density at radius 2 is 1.90 bits per heavy atom. The van der Waals surface area contributed by atoms with Crippen molar-refractivity contribution in [3.05, 3.63) is 84.6 Å². The third-order valence-electron chi connectivity index (χ3n) is 7.91. The quantitative estimate of drug-likeness (QED) is 0.290. The summed E-state index contributed by atoms with van der Waals surface area (Å²) >= 11 is 1.13. The fourth-order valence-electron chi connectivity index (χ4n) is 5.43. The normalized spacial score (nSPS) is 16.5. The number of anilines is 1. The fraction of sp³-hybridized carbons (Fsp3) is 0.300. The number of piperazine rings is 1. The molecule has 0 amide bonds. The SMILES string of the molecule is COC(=O)c1cccc(/C=c2\sc3nc(-c4cn(C5CC5)c5cc(N6CCN(C)CC6)c(F)cc5c4=O)nn3c2=O)c1. The van der Waals surface area contributed by atoms with Crippen molar-refractivity contribution in [3.8, 4) is 11.4 Å². The molecular weight excluding hydrogens is 559 g/mol. The van der Waals surface area contributed by atoms with Gasteiger partial charge in [0.05, 0.1) is 34.0 Å². The summed E-state index contributed by atoms with van der Waals surface area (Å²) in [6.07, 6.45) is 5.34. The minimum atomic E-state index is -0.470. The maximum atomic E-state index is 15.4. The molecule has 2 aliphatic rings. The lowest BCUT2D eigenvalue weighted by atomic mass is 10.1. The number of pyridine rings is 1. The van der Waals surface area contributed by atoms with Crippen LogP contribution in [0, 0.1) is 5.82 Å². The molecule has 2 aromatic carbocycles. The Hall–Kier alpha value is -4.42. The van der Waals surface area contributed by atoms with Gasteiger partial charge in [-0.3, -0.25) is 9.59 Å². The number of likely N-dealkylation sites (N-methyl/N-ethyl adjacent to an activating group) is 1. The second-order valence-corrected chi connectivity index (χ2v) is 11.8. The molecule has 5 aromatic rings. The van der Waals surface area contributed by atoms with Gasteiger partial charge in [0.25, 0.3) is 5.56 Å². The highest BCUT2D eigenvalue weighted by atomic mass is 32.1. The van der Waals surface area contributed by atoms with Crippen LogP contribution in [0.3, 0.4) is 0 Å². The van der Waals surface area contributed by atoms with E-state index in [0.29, 0.717) is 44.9 Å². The van der Waals surface area contributed by atoms with Crippen molar-refractivity contribution >= 4 is 44.9 Å².